The van der Waals surface area contributed by atoms with Crippen molar-refractivity contribution in [3.8, 4) is 9.88 Å². The molecule has 0 spiro atoms. The van der Waals surface area contributed by atoms with Crippen molar-refractivity contribution in [2.24, 2.45) is 0 Å². The molecular formula is C15H18N2O2S2. The van der Waals surface area contributed by atoms with Gasteiger partial charge >= 0.3 is 0 Å². The van der Waals surface area contributed by atoms with E-state index >= 15 is 0 Å². The predicted octanol–water partition coefficient (Wildman–Crippen LogP) is 3.25. The van der Waals surface area contributed by atoms with E-state index in [1.54, 1.807) is 29.5 Å². The Morgan fingerprint density at radius 2 is 2.24 bits per heavy atom. The fourth-order valence-electron chi connectivity index (χ4n) is 2.78. The highest BCUT2D eigenvalue weighted by molar-refractivity contribution is 7.21. The largest absolute Gasteiger partial charge is 0.388 e. The van der Waals surface area contributed by atoms with Gasteiger partial charge in [-0.1, -0.05) is 18.9 Å². The number of thiazole rings is 1. The zero-order chi connectivity index (χ0) is 14.9. The topological polar surface area (TPSA) is 53.4 Å². The van der Waals surface area contributed by atoms with Crippen LogP contribution in [0.15, 0.2) is 23.7 Å². The summed E-state index contributed by atoms with van der Waals surface area (Å²) in [5.74, 6) is -0.0596. The Bertz CT molecular complexity index is 615. The Kier molecular flexibility index (Phi) is 4.10. The van der Waals surface area contributed by atoms with Crippen molar-refractivity contribution in [2.75, 3.05) is 13.6 Å². The van der Waals surface area contributed by atoms with Crippen LogP contribution in [0.3, 0.4) is 0 Å². The normalized spacial score (nSPS) is 17.0. The maximum absolute atomic E-state index is 12.4. The van der Waals surface area contributed by atoms with Gasteiger partial charge in [-0.15, -0.1) is 22.7 Å². The molecule has 0 radical (unpaired) electrons. The van der Waals surface area contributed by atoms with Crippen molar-refractivity contribution in [3.63, 3.8) is 0 Å². The molecule has 2 aromatic rings. The highest BCUT2D eigenvalue weighted by atomic mass is 32.1. The molecule has 0 atom stereocenters. The van der Waals surface area contributed by atoms with Gasteiger partial charge in [-0.25, -0.2) is 4.98 Å². The van der Waals surface area contributed by atoms with E-state index < -0.39 is 5.60 Å². The molecule has 1 amide bonds. The van der Waals surface area contributed by atoms with Crippen LogP contribution in [0.2, 0.25) is 0 Å². The van der Waals surface area contributed by atoms with E-state index in [1.165, 1.54) is 11.3 Å². The van der Waals surface area contributed by atoms with E-state index in [1.807, 2.05) is 17.5 Å². The molecule has 0 bridgehead atoms. The minimum absolute atomic E-state index is 0.0596. The lowest BCUT2D eigenvalue weighted by molar-refractivity contribution is 0.0158. The van der Waals surface area contributed by atoms with Crippen LogP contribution in [0, 0.1) is 0 Å². The number of aromatic nitrogens is 1. The zero-order valence-electron chi connectivity index (χ0n) is 11.9. The summed E-state index contributed by atoms with van der Waals surface area (Å²) < 4.78 is 0. The molecule has 6 heteroatoms. The molecule has 1 N–H and O–H groups in total. The van der Waals surface area contributed by atoms with Gasteiger partial charge in [0, 0.05) is 13.6 Å². The van der Waals surface area contributed by atoms with E-state index in [-0.39, 0.29) is 5.91 Å². The average Bonchev–Trinajstić information content (AvgIpc) is 3.18. The maximum Gasteiger partial charge on any atom is 0.265 e. The Labute approximate surface area is 132 Å². The first-order valence-electron chi connectivity index (χ1n) is 7.05. The van der Waals surface area contributed by atoms with E-state index in [9.17, 15) is 9.90 Å². The summed E-state index contributed by atoms with van der Waals surface area (Å²) in [6, 6.07) is 3.98. The first kappa shape index (κ1) is 14.7. The van der Waals surface area contributed by atoms with Gasteiger partial charge in [0.2, 0.25) is 0 Å². The average molecular weight is 322 g/mol. The Morgan fingerprint density at radius 1 is 1.48 bits per heavy atom. The van der Waals surface area contributed by atoms with Gasteiger partial charge in [-0.2, -0.15) is 0 Å². The summed E-state index contributed by atoms with van der Waals surface area (Å²) in [4.78, 5) is 20.1. The lowest BCUT2D eigenvalue weighted by atomic mass is 10.0. The fourth-order valence-corrected chi connectivity index (χ4v) is 4.49. The minimum Gasteiger partial charge on any atom is -0.388 e. The Balaban J connectivity index is 1.70. The number of hydrogen-bond acceptors (Lipinski definition) is 5. The van der Waals surface area contributed by atoms with Gasteiger partial charge in [0.15, 0.2) is 0 Å². The molecule has 112 valence electrons. The van der Waals surface area contributed by atoms with E-state index in [4.69, 9.17) is 0 Å². The third-order valence-corrected chi connectivity index (χ3v) is 5.89. The lowest BCUT2D eigenvalue weighted by Gasteiger charge is -2.28. The summed E-state index contributed by atoms with van der Waals surface area (Å²) >= 11 is 3.03. The maximum atomic E-state index is 12.4. The van der Waals surface area contributed by atoms with Crippen molar-refractivity contribution < 1.29 is 9.90 Å². The van der Waals surface area contributed by atoms with Gasteiger partial charge in [0.25, 0.3) is 5.91 Å². The predicted molar refractivity (Wildman–Crippen MR) is 85.8 cm³/mol. The third kappa shape index (κ3) is 3.17. The molecule has 1 fully saturated rings. The Morgan fingerprint density at radius 3 is 2.90 bits per heavy atom. The molecule has 1 aliphatic carbocycles. The van der Waals surface area contributed by atoms with Crippen LogP contribution in [0.1, 0.15) is 35.4 Å². The first-order chi connectivity index (χ1) is 10.1. The molecule has 1 saturated carbocycles. The van der Waals surface area contributed by atoms with Gasteiger partial charge in [-0.05, 0) is 24.3 Å². The summed E-state index contributed by atoms with van der Waals surface area (Å²) in [6.07, 6.45) is 5.29. The molecule has 2 heterocycles. The number of likely N-dealkylation sites (N-methyl/N-ethyl adjacent to an activating group) is 1. The number of carbonyl (C=O) groups excluding carboxylic acids is 1. The number of nitrogens with zero attached hydrogens (tertiary/aromatic N) is 2. The first-order valence-corrected chi connectivity index (χ1v) is 8.75. The third-order valence-electron chi connectivity index (χ3n) is 3.86. The molecule has 0 aromatic carbocycles. The summed E-state index contributed by atoms with van der Waals surface area (Å²) in [5.41, 5.74) is -0.703. The van der Waals surface area contributed by atoms with E-state index in [0.29, 0.717) is 11.4 Å². The number of amides is 1. The van der Waals surface area contributed by atoms with Crippen LogP contribution < -0.4 is 0 Å². The molecule has 1 aliphatic rings. The Hall–Kier alpha value is -1.24. The minimum atomic E-state index is -0.703. The lowest BCUT2D eigenvalue weighted by Crippen LogP contribution is -2.41. The quantitative estimate of drug-likeness (QED) is 0.940. The van der Waals surface area contributed by atoms with E-state index in [2.05, 4.69) is 4.98 Å². The smallest absolute Gasteiger partial charge is 0.265 e. The molecule has 0 saturated heterocycles. The van der Waals surface area contributed by atoms with Gasteiger partial charge in [0.1, 0.15) is 9.88 Å². The van der Waals surface area contributed by atoms with Gasteiger partial charge in [-0.3, -0.25) is 4.79 Å². The molecule has 3 rings (SSSR count). The van der Waals surface area contributed by atoms with Crippen LogP contribution in [0.5, 0.6) is 0 Å². The van der Waals surface area contributed by atoms with Gasteiger partial charge < -0.3 is 10.0 Å². The SMILES string of the molecule is CN(CC1(O)CCCC1)C(=O)c1cnc(-c2cccs2)s1. The highest BCUT2D eigenvalue weighted by Gasteiger charge is 2.33. The van der Waals surface area contributed by atoms with Crippen LogP contribution in [0.4, 0.5) is 0 Å². The van der Waals surface area contributed by atoms with Crippen molar-refractivity contribution in [1.29, 1.82) is 0 Å². The fraction of sp³-hybridized carbons (Fsp3) is 0.467. The number of thiophene rings is 1. The molecule has 21 heavy (non-hydrogen) atoms. The summed E-state index contributed by atoms with van der Waals surface area (Å²) in [6.45, 7) is 0.401. The van der Waals surface area contributed by atoms with Crippen LogP contribution >= 0.6 is 22.7 Å². The molecular weight excluding hydrogens is 304 g/mol. The second-order valence-electron chi connectivity index (χ2n) is 5.60. The highest BCUT2D eigenvalue weighted by Crippen LogP contribution is 2.32. The number of rotatable bonds is 4. The zero-order valence-corrected chi connectivity index (χ0v) is 13.5. The second kappa shape index (κ2) is 5.87. The summed E-state index contributed by atoms with van der Waals surface area (Å²) in [5, 5.41) is 13.3. The number of aliphatic hydroxyl groups is 1. The number of carbonyl (C=O) groups is 1. The monoisotopic (exact) mass is 322 g/mol. The van der Waals surface area contributed by atoms with Crippen molar-refractivity contribution in [3.05, 3.63) is 28.6 Å². The molecule has 2 aromatic heterocycles. The van der Waals surface area contributed by atoms with Gasteiger partial charge in [0.05, 0.1) is 16.7 Å². The van der Waals surface area contributed by atoms with Crippen LogP contribution in [-0.2, 0) is 0 Å². The van der Waals surface area contributed by atoms with Crippen LogP contribution in [0.25, 0.3) is 9.88 Å². The molecule has 4 nitrogen and oxygen atoms in total. The van der Waals surface area contributed by atoms with E-state index in [0.717, 1.165) is 35.6 Å². The van der Waals surface area contributed by atoms with Crippen molar-refractivity contribution in [2.45, 2.75) is 31.3 Å². The standard InChI is InChI=1S/C15H18N2O2S2/c1-17(10-15(19)6-2-3-7-15)14(18)12-9-16-13(21-12)11-5-4-8-20-11/h4-5,8-9,19H,2-3,6-7,10H2,1H3. The molecule has 0 unspecified atom stereocenters. The van der Waals surface area contributed by atoms with Crippen LogP contribution in [-0.4, -0.2) is 40.1 Å². The van der Waals surface area contributed by atoms with Crippen molar-refractivity contribution >= 4 is 28.6 Å². The second-order valence-corrected chi connectivity index (χ2v) is 7.58. The molecule has 0 aliphatic heterocycles. The summed E-state index contributed by atoms with van der Waals surface area (Å²) in [7, 11) is 1.75. The number of hydrogen-bond donors (Lipinski definition) is 1. The van der Waals surface area contributed by atoms with Crippen molar-refractivity contribution in [1.82, 2.24) is 9.88 Å².